The average molecular weight is 751 g/mol. The third-order valence-electron chi connectivity index (χ3n) is 12.2. The first-order chi connectivity index (χ1) is 28.5. The Morgan fingerprint density at radius 3 is 1.47 bits per heavy atom. The Morgan fingerprint density at radius 2 is 0.948 bits per heavy atom. The van der Waals surface area contributed by atoms with Gasteiger partial charge in [-0.3, -0.25) is 0 Å². The molecule has 1 aromatic heterocycles. The van der Waals surface area contributed by atoms with Gasteiger partial charge in [-0.15, -0.1) is 0 Å². The van der Waals surface area contributed by atoms with Crippen LogP contribution >= 0.6 is 0 Å². The van der Waals surface area contributed by atoms with E-state index < -0.39 is 0 Å². The molecule has 0 atom stereocenters. The highest BCUT2D eigenvalue weighted by Crippen LogP contribution is 2.58. The van der Waals surface area contributed by atoms with Gasteiger partial charge in [0.15, 0.2) is 0 Å². The van der Waals surface area contributed by atoms with Gasteiger partial charge in [0.2, 0.25) is 0 Å². The summed E-state index contributed by atoms with van der Waals surface area (Å²) in [6.45, 7) is 9.44. The summed E-state index contributed by atoms with van der Waals surface area (Å²) < 4.78 is 7.06. The summed E-state index contributed by atoms with van der Waals surface area (Å²) in [4.78, 5) is 4.73. The predicted molar refractivity (Wildman–Crippen MR) is 245 cm³/mol. The molecule has 3 heteroatoms. The first kappa shape index (κ1) is 35.6. The van der Waals surface area contributed by atoms with Crippen LogP contribution in [0.1, 0.15) is 49.9 Å². The monoisotopic (exact) mass is 750 g/mol. The van der Waals surface area contributed by atoms with Crippen LogP contribution in [0.15, 0.2) is 186 Å². The summed E-state index contributed by atoms with van der Waals surface area (Å²) in [6.07, 6.45) is 1.78. The first-order valence-corrected chi connectivity index (χ1v) is 20.6. The summed E-state index contributed by atoms with van der Waals surface area (Å²) in [5.41, 5.74) is 18.9. The second-order valence-electron chi connectivity index (χ2n) is 15.8. The zero-order valence-electron chi connectivity index (χ0n) is 33.5. The van der Waals surface area contributed by atoms with E-state index in [0.29, 0.717) is 0 Å². The van der Waals surface area contributed by atoms with E-state index in [-0.39, 0.29) is 5.41 Å². The predicted octanol–water partition coefficient (Wildman–Crippen LogP) is 15.6. The fourth-order valence-corrected chi connectivity index (χ4v) is 9.61. The van der Waals surface area contributed by atoms with Gasteiger partial charge in [0, 0.05) is 55.9 Å². The van der Waals surface area contributed by atoms with Crippen LogP contribution in [0, 0.1) is 0 Å². The van der Waals surface area contributed by atoms with Gasteiger partial charge in [0.1, 0.15) is 11.2 Å². The molecule has 282 valence electrons. The van der Waals surface area contributed by atoms with Crippen molar-refractivity contribution >= 4 is 56.1 Å². The smallest absolute Gasteiger partial charge is 0.144 e. The van der Waals surface area contributed by atoms with E-state index in [0.717, 1.165) is 63.5 Å². The molecule has 0 N–H and O–H groups in total. The zero-order valence-corrected chi connectivity index (χ0v) is 33.5. The Kier molecular flexibility index (Phi) is 8.75. The summed E-state index contributed by atoms with van der Waals surface area (Å²) in [6, 6.07) is 65.5. The SMILES string of the molecule is CCc1cc(N(c2ccccc2)c2ccccc2)ccc1-c1c(CC)c2c(c3oc4ccccc4c13)-c1ccc(N(c3ccccc3)c3ccccc3)cc1C2(C)C. The maximum atomic E-state index is 7.06. The third-order valence-corrected chi connectivity index (χ3v) is 12.2. The summed E-state index contributed by atoms with van der Waals surface area (Å²) in [5, 5.41) is 2.37. The van der Waals surface area contributed by atoms with Gasteiger partial charge in [-0.2, -0.15) is 0 Å². The molecule has 3 nitrogen and oxygen atoms in total. The molecule has 0 radical (unpaired) electrons. The van der Waals surface area contributed by atoms with Crippen LogP contribution < -0.4 is 9.80 Å². The van der Waals surface area contributed by atoms with Crippen LogP contribution in [-0.2, 0) is 18.3 Å². The Hall–Kier alpha value is -6.84. The number of hydrogen-bond acceptors (Lipinski definition) is 3. The van der Waals surface area contributed by atoms with Crippen molar-refractivity contribution < 1.29 is 4.42 Å². The number of nitrogens with zero attached hydrogens (tertiary/aromatic N) is 2. The molecule has 1 aliphatic carbocycles. The molecule has 10 rings (SSSR count). The molecule has 0 fully saturated rings. The lowest BCUT2D eigenvalue weighted by Gasteiger charge is -2.29. The Morgan fingerprint density at radius 1 is 0.466 bits per heavy atom. The molecule has 0 bridgehead atoms. The van der Waals surface area contributed by atoms with E-state index in [1.54, 1.807) is 0 Å². The van der Waals surface area contributed by atoms with Crippen molar-refractivity contribution in [1.82, 2.24) is 0 Å². The van der Waals surface area contributed by atoms with Crippen molar-refractivity contribution in [3.05, 3.63) is 204 Å². The second-order valence-corrected chi connectivity index (χ2v) is 15.8. The minimum atomic E-state index is -0.295. The second kappa shape index (κ2) is 14.3. The minimum Gasteiger partial charge on any atom is -0.455 e. The molecule has 0 unspecified atom stereocenters. The van der Waals surface area contributed by atoms with Gasteiger partial charge in [0.25, 0.3) is 0 Å². The van der Waals surface area contributed by atoms with Gasteiger partial charge < -0.3 is 14.2 Å². The molecule has 9 aromatic rings. The fraction of sp³-hybridized carbons (Fsp3) is 0.127. The van der Waals surface area contributed by atoms with Crippen molar-refractivity contribution in [3.63, 3.8) is 0 Å². The first-order valence-electron chi connectivity index (χ1n) is 20.6. The van der Waals surface area contributed by atoms with E-state index in [4.69, 9.17) is 4.42 Å². The van der Waals surface area contributed by atoms with Gasteiger partial charge in [-0.25, -0.2) is 0 Å². The highest BCUT2D eigenvalue weighted by Gasteiger charge is 2.42. The molecule has 0 spiro atoms. The van der Waals surface area contributed by atoms with E-state index in [1.165, 1.54) is 49.9 Å². The lowest BCUT2D eigenvalue weighted by molar-refractivity contribution is 0.647. The number of anilines is 6. The number of benzene rings is 8. The molecule has 58 heavy (non-hydrogen) atoms. The molecular weight excluding hydrogens is 705 g/mol. The summed E-state index contributed by atoms with van der Waals surface area (Å²) in [5.74, 6) is 0. The maximum absolute atomic E-state index is 7.06. The largest absolute Gasteiger partial charge is 0.455 e. The van der Waals surface area contributed by atoms with E-state index in [2.05, 4.69) is 219 Å². The Bertz CT molecular complexity index is 2850. The van der Waals surface area contributed by atoms with Gasteiger partial charge in [-0.05, 0) is 131 Å². The molecule has 0 aliphatic heterocycles. The lowest BCUT2D eigenvalue weighted by atomic mass is 9.76. The van der Waals surface area contributed by atoms with Crippen LogP contribution in [0.2, 0.25) is 0 Å². The molecule has 0 saturated heterocycles. The molecule has 1 aliphatic rings. The Labute approximate surface area is 341 Å². The highest BCUT2D eigenvalue weighted by molar-refractivity contribution is 6.19. The number of fused-ring (bicyclic) bond motifs is 7. The van der Waals surface area contributed by atoms with Crippen molar-refractivity contribution in [2.45, 2.75) is 46.0 Å². The number of hydrogen-bond donors (Lipinski definition) is 0. The fourth-order valence-electron chi connectivity index (χ4n) is 9.61. The van der Waals surface area contributed by atoms with Crippen molar-refractivity contribution in [2.24, 2.45) is 0 Å². The van der Waals surface area contributed by atoms with E-state index in [9.17, 15) is 0 Å². The number of aryl methyl sites for hydroxylation is 1. The molecule has 1 heterocycles. The molecular formula is C55H46N2O. The van der Waals surface area contributed by atoms with Crippen LogP contribution in [0.5, 0.6) is 0 Å². The van der Waals surface area contributed by atoms with Gasteiger partial charge >= 0.3 is 0 Å². The standard InChI is InChI=1S/C55H46N2O/c1-5-37-35-42(56(38-21-11-7-12-22-38)39-23-13-8-14-24-39)31-33-45(37)50-44(6-2)53-52(54-51(50)47-29-19-20-30-49(47)58-54)46-34-32-43(36-48(46)55(53,3)4)57(40-25-15-9-16-26-40)41-27-17-10-18-28-41/h7-36H,5-6H2,1-4H3. The normalized spacial score (nSPS) is 12.8. The summed E-state index contributed by atoms with van der Waals surface area (Å²) in [7, 11) is 0. The number of rotatable bonds is 9. The average Bonchev–Trinajstić information content (AvgIpc) is 3.77. The van der Waals surface area contributed by atoms with Crippen LogP contribution in [0.25, 0.3) is 44.2 Å². The van der Waals surface area contributed by atoms with Crippen molar-refractivity contribution in [1.29, 1.82) is 0 Å². The van der Waals surface area contributed by atoms with E-state index in [1.807, 2.05) is 0 Å². The quantitative estimate of drug-likeness (QED) is 0.146. The van der Waals surface area contributed by atoms with Crippen LogP contribution in [0.3, 0.4) is 0 Å². The van der Waals surface area contributed by atoms with Gasteiger partial charge in [-0.1, -0.05) is 131 Å². The highest BCUT2D eigenvalue weighted by atomic mass is 16.3. The zero-order chi connectivity index (χ0) is 39.4. The topological polar surface area (TPSA) is 19.6 Å². The molecule has 0 amide bonds. The van der Waals surface area contributed by atoms with Crippen LogP contribution in [0.4, 0.5) is 34.1 Å². The molecule has 0 saturated carbocycles. The summed E-state index contributed by atoms with van der Waals surface area (Å²) >= 11 is 0. The van der Waals surface area contributed by atoms with E-state index >= 15 is 0 Å². The number of para-hydroxylation sites is 5. The number of furan rings is 1. The van der Waals surface area contributed by atoms with Crippen molar-refractivity contribution in [2.75, 3.05) is 9.80 Å². The van der Waals surface area contributed by atoms with Gasteiger partial charge in [0.05, 0.1) is 0 Å². The Balaban J connectivity index is 1.21. The lowest BCUT2D eigenvalue weighted by Crippen LogP contribution is -2.19. The third kappa shape index (κ3) is 5.64. The maximum Gasteiger partial charge on any atom is 0.144 e. The minimum absolute atomic E-state index is 0.295. The van der Waals surface area contributed by atoms with Crippen LogP contribution in [-0.4, -0.2) is 0 Å². The van der Waals surface area contributed by atoms with Crippen molar-refractivity contribution in [3.8, 4) is 22.3 Å². The molecule has 8 aromatic carbocycles.